The molecule has 0 aliphatic carbocycles. The van der Waals surface area contributed by atoms with Gasteiger partial charge in [0.2, 0.25) is 0 Å². The van der Waals surface area contributed by atoms with Gasteiger partial charge in [0.15, 0.2) is 0 Å². The highest BCUT2D eigenvalue weighted by Crippen LogP contribution is 2.32. The lowest BCUT2D eigenvalue weighted by atomic mass is 9.93. The Morgan fingerprint density at radius 1 is 1.12 bits per heavy atom. The van der Waals surface area contributed by atoms with E-state index in [-0.39, 0.29) is 0 Å². The predicted molar refractivity (Wildman–Crippen MR) is 78.8 cm³/mol. The van der Waals surface area contributed by atoms with E-state index in [4.69, 9.17) is 0 Å². The summed E-state index contributed by atoms with van der Waals surface area (Å²) in [6, 6.07) is 5.19. The maximum absolute atomic E-state index is 3.74. The number of hydrogen-bond acceptors (Lipinski definition) is 2. The zero-order valence-corrected chi connectivity index (χ0v) is 12.6. The molecule has 0 saturated heterocycles. The molecule has 0 aliphatic heterocycles. The maximum Gasteiger partial charge on any atom is 0.0443 e. The smallest absolute Gasteiger partial charge is 0.0443 e. The van der Waals surface area contributed by atoms with Crippen LogP contribution in [0.2, 0.25) is 0 Å². The molecule has 0 aliphatic rings. The van der Waals surface area contributed by atoms with Crippen LogP contribution in [-0.2, 0) is 6.42 Å². The Labute approximate surface area is 111 Å². The normalized spacial score (nSPS) is 13.2. The zero-order chi connectivity index (χ0) is 12.7. The first-order valence-electron chi connectivity index (χ1n) is 7.08. The Balaban J connectivity index is 2.80. The SMILES string of the molecule is CCCNC(c1ccc(CC)s1)C(CC)CC. The van der Waals surface area contributed by atoms with Crippen molar-refractivity contribution in [3.8, 4) is 0 Å². The summed E-state index contributed by atoms with van der Waals surface area (Å²) in [5.74, 6) is 0.768. The number of rotatable bonds is 8. The Morgan fingerprint density at radius 2 is 1.82 bits per heavy atom. The van der Waals surface area contributed by atoms with Gasteiger partial charge in [-0.25, -0.2) is 0 Å². The molecule has 1 unspecified atom stereocenters. The highest BCUT2D eigenvalue weighted by molar-refractivity contribution is 7.12. The molecule has 98 valence electrons. The molecule has 1 aromatic rings. The van der Waals surface area contributed by atoms with Gasteiger partial charge in [0.1, 0.15) is 0 Å². The van der Waals surface area contributed by atoms with E-state index in [9.17, 15) is 0 Å². The first-order valence-corrected chi connectivity index (χ1v) is 7.90. The summed E-state index contributed by atoms with van der Waals surface area (Å²) in [6.45, 7) is 10.2. The summed E-state index contributed by atoms with van der Waals surface area (Å²) >= 11 is 1.99. The molecule has 1 nitrogen and oxygen atoms in total. The van der Waals surface area contributed by atoms with Crippen LogP contribution in [0.15, 0.2) is 12.1 Å². The molecule has 0 spiro atoms. The van der Waals surface area contributed by atoms with Crippen molar-refractivity contribution < 1.29 is 0 Å². The van der Waals surface area contributed by atoms with Gasteiger partial charge in [-0.3, -0.25) is 0 Å². The molecule has 0 fully saturated rings. The molecule has 2 heteroatoms. The molecule has 0 aromatic carbocycles. The van der Waals surface area contributed by atoms with E-state index < -0.39 is 0 Å². The van der Waals surface area contributed by atoms with Gasteiger partial charge in [-0.1, -0.05) is 40.5 Å². The van der Waals surface area contributed by atoms with Crippen LogP contribution in [0.1, 0.15) is 62.8 Å². The van der Waals surface area contributed by atoms with Crippen molar-refractivity contribution >= 4 is 11.3 Å². The van der Waals surface area contributed by atoms with Crippen LogP contribution in [0.5, 0.6) is 0 Å². The molecule has 1 heterocycles. The second-order valence-corrected chi connectivity index (χ2v) is 5.87. The summed E-state index contributed by atoms with van der Waals surface area (Å²) in [5.41, 5.74) is 0. The van der Waals surface area contributed by atoms with Crippen LogP contribution in [0.4, 0.5) is 0 Å². The van der Waals surface area contributed by atoms with E-state index in [1.54, 1.807) is 0 Å². The monoisotopic (exact) mass is 253 g/mol. The van der Waals surface area contributed by atoms with E-state index >= 15 is 0 Å². The molecule has 0 amide bonds. The van der Waals surface area contributed by atoms with Gasteiger partial charge in [-0.15, -0.1) is 11.3 Å². The average Bonchev–Trinajstić information content (AvgIpc) is 2.83. The Bertz CT molecular complexity index is 302. The Hall–Kier alpha value is -0.340. The molecule has 1 rings (SSSR count). The lowest BCUT2D eigenvalue weighted by Crippen LogP contribution is -2.27. The molecule has 1 N–H and O–H groups in total. The second-order valence-electron chi connectivity index (χ2n) is 4.67. The molecule has 1 aromatic heterocycles. The predicted octanol–water partition coefficient (Wildman–Crippen LogP) is 4.79. The van der Waals surface area contributed by atoms with Gasteiger partial charge in [-0.2, -0.15) is 0 Å². The van der Waals surface area contributed by atoms with Crippen molar-refractivity contribution in [3.05, 3.63) is 21.9 Å². The van der Waals surface area contributed by atoms with Crippen LogP contribution in [-0.4, -0.2) is 6.54 Å². The highest BCUT2D eigenvalue weighted by Gasteiger charge is 2.21. The minimum Gasteiger partial charge on any atom is -0.309 e. The van der Waals surface area contributed by atoms with Gasteiger partial charge >= 0.3 is 0 Å². The third-order valence-corrected chi connectivity index (χ3v) is 4.78. The van der Waals surface area contributed by atoms with Crippen molar-refractivity contribution in [2.45, 2.75) is 59.4 Å². The number of nitrogens with one attached hydrogen (secondary N) is 1. The summed E-state index contributed by atoms with van der Waals surface area (Å²) in [7, 11) is 0. The van der Waals surface area contributed by atoms with Crippen LogP contribution in [0, 0.1) is 5.92 Å². The van der Waals surface area contributed by atoms with Crippen LogP contribution in [0.25, 0.3) is 0 Å². The van der Waals surface area contributed by atoms with Crippen LogP contribution < -0.4 is 5.32 Å². The van der Waals surface area contributed by atoms with Gasteiger partial charge in [-0.05, 0) is 37.4 Å². The third-order valence-electron chi connectivity index (χ3n) is 3.47. The molecular formula is C15H27NS. The standard InChI is InChI=1S/C15H27NS/c1-5-11-16-15(12(6-2)7-3)14-10-9-13(8-4)17-14/h9-10,12,15-16H,5-8,11H2,1-4H3. The third kappa shape index (κ3) is 4.11. The summed E-state index contributed by atoms with van der Waals surface area (Å²) in [5, 5.41) is 3.74. The quantitative estimate of drug-likeness (QED) is 0.702. The van der Waals surface area contributed by atoms with Crippen molar-refractivity contribution in [1.82, 2.24) is 5.32 Å². The highest BCUT2D eigenvalue weighted by atomic mass is 32.1. The van der Waals surface area contributed by atoms with Crippen LogP contribution >= 0.6 is 11.3 Å². The number of hydrogen-bond donors (Lipinski definition) is 1. The minimum absolute atomic E-state index is 0.565. The Kier molecular flexibility index (Phi) is 6.83. The maximum atomic E-state index is 3.74. The van der Waals surface area contributed by atoms with Gasteiger partial charge < -0.3 is 5.32 Å². The summed E-state index contributed by atoms with van der Waals surface area (Å²) in [4.78, 5) is 3.04. The van der Waals surface area contributed by atoms with E-state index in [0.29, 0.717) is 6.04 Å². The van der Waals surface area contributed by atoms with Gasteiger partial charge in [0, 0.05) is 15.8 Å². The molecule has 1 atom stereocenters. The fraction of sp³-hybridized carbons (Fsp3) is 0.733. The fourth-order valence-corrected chi connectivity index (χ4v) is 3.43. The first kappa shape index (κ1) is 14.7. The molecule has 17 heavy (non-hydrogen) atoms. The van der Waals surface area contributed by atoms with Crippen molar-refractivity contribution in [2.75, 3.05) is 6.54 Å². The number of aryl methyl sites for hydroxylation is 1. The fourth-order valence-electron chi connectivity index (χ4n) is 2.31. The average molecular weight is 253 g/mol. The molecule has 0 bridgehead atoms. The van der Waals surface area contributed by atoms with E-state index in [1.807, 2.05) is 11.3 Å². The zero-order valence-electron chi connectivity index (χ0n) is 11.8. The molecular weight excluding hydrogens is 226 g/mol. The van der Waals surface area contributed by atoms with Crippen LogP contribution in [0.3, 0.4) is 0 Å². The van der Waals surface area contributed by atoms with E-state index in [1.165, 1.54) is 29.0 Å². The Morgan fingerprint density at radius 3 is 2.29 bits per heavy atom. The summed E-state index contributed by atoms with van der Waals surface area (Å²) in [6.07, 6.45) is 4.89. The van der Waals surface area contributed by atoms with Crippen molar-refractivity contribution in [3.63, 3.8) is 0 Å². The molecule has 0 saturated carbocycles. The van der Waals surface area contributed by atoms with E-state index in [0.717, 1.165) is 18.9 Å². The summed E-state index contributed by atoms with van der Waals surface area (Å²) < 4.78 is 0. The van der Waals surface area contributed by atoms with Crippen molar-refractivity contribution in [1.29, 1.82) is 0 Å². The lowest BCUT2D eigenvalue weighted by Gasteiger charge is -2.25. The second kappa shape index (κ2) is 7.88. The minimum atomic E-state index is 0.565. The first-order chi connectivity index (χ1) is 8.26. The topological polar surface area (TPSA) is 12.0 Å². The largest absolute Gasteiger partial charge is 0.309 e. The van der Waals surface area contributed by atoms with Gasteiger partial charge in [0.05, 0.1) is 0 Å². The number of thiophene rings is 1. The van der Waals surface area contributed by atoms with Crippen molar-refractivity contribution in [2.24, 2.45) is 5.92 Å². The van der Waals surface area contributed by atoms with E-state index in [2.05, 4.69) is 45.1 Å². The van der Waals surface area contributed by atoms with Gasteiger partial charge in [0.25, 0.3) is 0 Å². The molecule has 0 radical (unpaired) electrons. The lowest BCUT2D eigenvalue weighted by molar-refractivity contribution is 0.346.